The van der Waals surface area contributed by atoms with Crippen molar-refractivity contribution < 1.29 is 9.53 Å². The molecule has 3 aliphatic rings. The Morgan fingerprint density at radius 1 is 1.12 bits per heavy atom. The summed E-state index contributed by atoms with van der Waals surface area (Å²) in [4.78, 5) is 22.9. The van der Waals surface area contributed by atoms with E-state index >= 15 is 0 Å². The van der Waals surface area contributed by atoms with Crippen LogP contribution in [0, 0.1) is 0 Å². The van der Waals surface area contributed by atoms with Crippen LogP contribution in [0.15, 0.2) is 18.3 Å². The van der Waals surface area contributed by atoms with Crippen LogP contribution in [0.2, 0.25) is 0 Å². The number of hydrogen-bond acceptors (Lipinski definition) is 4. The molecule has 138 valence electrons. The van der Waals surface area contributed by atoms with E-state index in [0.717, 1.165) is 45.6 Å². The van der Waals surface area contributed by atoms with Crippen LogP contribution in [-0.4, -0.2) is 90.2 Å². The van der Waals surface area contributed by atoms with Gasteiger partial charge in [0.05, 0.1) is 12.7 Å². The number of ether oxygens (including phenoxy) is 1. The highest BCUT2D eigenvalue weighted by atomic mass is 16.5. The molecule has 0 bridgehead atoms. The predicted molar refractivity (Wildman–Crippen MR) is 96.7 cm³/mol. The van der Waals surface area contributed by atoms with E-state index in [1.54, 1.807) is 0 Å². The van der Waals surface area contributed by atoms with E-state index in [0.29, 0.717) is 11.7 Å². The van der Waals surface area contributed by atoms with E-state index in [4.69, 9.17) is 4.74 Å². The Kier molecular flexibility index (Phi) is 5.39. The van der Waals surface area contributed by atoms with Gasteiger partial charge in [-0.25, -0.2) is 0 Å². The van der Waals surface area contributed by atoms with E-state index in [1.165, 1.54) is 32.5 Å². The third-order valence-electron chi connectivity index (χ3n) is 6.00. The molecule has 1 aromatic heterocycles. The van der Waals surface area contributed by atoms with Crippen LogP contribution in [0.1, 0.15) is 36.2 Å². The van der Waals surface area contributed by atoms with Gasteiger partial charge in [-0.1, -0.05) is 0 Å². The fraction of sp³-hybridized carbons (Fsp3) is 0.737. The van der Waals surface area contributed by atoms with Crippen molar-refractivity contribution in [1.29, 1.82) is 0 Å². The average molecular weight is 346 g/mol. The summed E-state index contributed by atoms with van der Waals surface area (Å²) >= 11 is 0. The van der Waals surface area contributed by atoms with Gasteiger partial charge in [0.25, 0.3) is 5.91 Å². The number of likely N-dealkylation sites (tertiary alicyclic amines) is 2. The summed E-state index contributed by atoms with van der Waals surface area (Å²) < 4.78 is 6.08. The number of nitrogens with zero attached hydrogens (tertiary/aromatic N) is 3. The molecule has 0 aliphatic carbocycles. The Morgan fingerprint density at radius 2 is 1.96 bits per heavy atom. The van der Waals surface area contributed by atoms with E-state index in [1.807, 2.05) is 23.2 Å². The molecule has 0 spiro atoms. The summed E-state index contributed by atoms with van der Waals surface area (Å²) in [5.74, 6) is 0.118. The molecular weight excluding hydrogens is 316 g/mol. The second kappa shape index (κ2) is 7.89. The highest BCUT2D eigenvalue weighted by Crippen LogP contribution is 2.24. The van der Waals surface area contributed by atoms with Crippen molar-refractivity contribution in [2.45, 2.75) is 37.8 Å². The van der Waals surface area contributed by atoms with Gasteiger partial charge in [-0.2, -0.15) is 0 Å². The quantitative estimate of drug-likeness (QED) is 0.896. The number of fused-ring (bicyclic) bond motifs is 1. The molecule has 25 heavy (non-hydrogen) atoms. The first kappa shape index (κ1) is 17.1. The number of hydrogen-bond donors (Lipinski definition) is 1. The zero-order chi connectivity index (χ0) is 17.1. The minimum absolute atomic E-state index is 0.118. The van der Waals surface area contributed by atoms with Crippen LogP contribution in [0.4, 0.5) is 0 Å². The van der Waals surface area contributed by atoms with E-state index < -0.39 is 0 Å². The van der Waals surface area contributed by atoms with Gasteiger partial charge in [-0.15, -0.1) is 0 Å². The van der Waals surface area contributed by atoms with Crippen molar-refractivity contribution in [2.75, 3.05) is 52.4 Å². The summed E-state index contributed by atoms with van der Waals surface area (Å²) in [6.07, 6.45) is 6.74. The number of H-pyrrole nitrogens is 1. The summed E-state index contributed by atoms with van der Waals surface area (Å²) in [6.45, 7) is 8.30. The number of morpholine rings is 1. The number of amides is 1. The lowest BCUT2D eigenvalue weighted by molar-refractivity contribution is -0.0727. The van der Waals surface area contributed by atoms with Gasteiger partial charge in [0, 0.05) is 45.0 Å². The van der Waals surface area contributed by atoms with Gasteiger partial charge in [0.15, 0.2) is 0 Å². The Hall–Kier alpha value is -1.37. The zero-order valence-electron chi connectivity index (χ0n) is 15.0. The molecule has 4 heterocycles. The Balaban J connectivity index is 1.36. The highest BCUT2D eigenvalue weighted by molar-refractivity contribution is 5.92. The maximum absolute atomic E-state index is 12.6. The van der Waals surface area contributed by atoms with Gasteiger partial charge in [-0.05, 0) is 50.9 Å². The molecule has 3 fully saturated rings. The minimum atomic E-state index is 0.118. The molecule has 3 saturated heterocycles. The maximum atomic E-state index is 12.6. The van der Waals surface area contributed by atoms with E-state index in [2.05, 4.69) is 14.8 Å². The van der Waals surface area contributed by atoms with Crippen LogP contribution in [0.5, 0.6) is 0 Å². The van der Waals surface area contributed by atoms with Gasteiger partial charge < -0.3 is 19.5 Å². The largest absolute Gasteiger partial charge is 0.375 e. The lowest BCUT2D eigenvalue weighted by Gasteiger charge is -2.41. The number of carbonyl (C=O) groups excluding carboxylic acids is 1. The normalized spacial score (nSPS) is 28.7. The molecular formula is C19H30N4O2. The van der Waals surface area contributed by atoms with Gasteiger partial charge in [-0.3, -0.25) is 9.69 Å². The third-order valence-corrected chi connectivity index (χ3v) is 6.00. The molecule has 2 atom stereocenters. The molecule has 6 heteroatoms. The lowest BCUT2D eigenvalue weighted by atomic mass is 10.0. The summed E-state index contributed by atoms with van der Waals surface area (Å²) in [5.41, 5.74) is 0.691. The van der Waals surface area contributed by atoms with Crippen molar-refractivity contribution in [2.24, 2.45) is 0 Å². The van der Waals surface area contributed by atoms with Gasteiger partial charge >= 0.3 is 0 Å². The van der Waals surface area contributed by atoms with E-state index in [-0.39, 0.29) is 12.0 Å². The first-order valence-corrected chi connectivity index (χ1v) is 9.82. The van der Waals surface area contributed by atoms with Crippen molar-refractivity contribution in [3.63, 3.8) is 0 Å². The Morgan fingerprint density at radius 3 is 2.76 bits per heavy atom. The summed E-state index contributed by atoms with van der Waals surface area (Å²) in [5, 5.41) is 0. The third kappa shape index (κ3) is 3.91. The molecule has 3 aliphatic heterocycles. The number of aromatic amines is 1. The number of carbonyl (C=O) groups is 1. The number of aromatic nitrogens is 1. The maximum Gasteiger partial charge on any atom is 0.270 e. The first-order chi connectivity index (χ1) is 12.3. The molecule has 1 N–H and O–H groups in total. The van der Waals surface area contributed by atoms with Crippen LogP contribution in [0.25, 0.3) is 0 Å². The molecule has 0 saturated carbocycles. The monoisotopic (exact) mass is 346 g/mol. The standard InChI is InChI=1S/C19H30N4O2/c24-19(16-4-3-7-20-16)23-10-5-17-18(6-11-23)25-15-14-22(17)13-12-21-8-1-2-9-21/h3-4,7,17-18,20H,1-2,5-6,8-15H2/t17-,18-/m0/s1. The van der Waals surface area contributed by atoms with Gasteiger partial charge in [0.2, 0.25) is 0 Å². The van der Waals surface area contributed by atoms with Crippen LogP contribution >= 0.6 is 0 Å². The highest BCUT2D eigenvalue weighted by Gasteiger charge is 2.35. The van der Waals surface area contributed by atoms with Crippen molar-refractivity contribution >= 4 is 5.91 Å². The molecule has 4 rings (SSSR count). The predicted octanol–water partition coefficient (Wildman–Crippen LogP) is 1.42. The number of rotatable bonds is 4. The second-order valence-corrected chi connectivity index (χ2v) is 7.51. The van der Waals surface area contributed by atoms with Crippen molar-refractivity contribution in [3.8, 4) is 0 Å². The molecule has 6 nitrogen and oxygen atoms in total. The molecule has 0 radical (unpaired) electrons. The molecule has 0 aromatic carbocycles. The summed E-state index contributed by atoms with van der Waals surface area (Å²) in [6, 6.07) is 4.20. The summed E-state index contributed by atoms with van der Waals surface area (Å²) in [7, 11) is 0. The molecule has 1 aromatic rings. The number of nitrogens with one attached hydrogen (secondary N) is 1. The zero-order valence-corrected chi connectivity index (χ0v) is 15.0. The SMILES string of the molecule is O=C(c1ccc[nH]1)N1CC[C@@H]2OCCN(CCN3CCCC3)[C@H]2CC1. The smallest absolute Gasteiger partial charge is 0.270 e. The van der Waals surface area contributed by atoms with Gasteiger partial charge in [0.1, 0.15) is 5.69 Å². The van der Waals surface area contributed by atoms with E-state index in [9.17, 15) is 4.79 Å². The second-order valence-electron chi connectivity index (χ2n) is 7.51. The van der Waals surface area contributed by atoms with Crippen LogP contribution in [-0.2, 0) is 4.74 Å². The Labute approximate surface area is 150 Å². The molecule has 1 amide bonds. The Bertz CT molecular complexity index is 556. The molecule has 0 unspecified atom stereocenters. The van der Waals surface area contributed by atoms with Crippen molar-refractivity contribution in [3.05, 3.63) is 24.0 Å². The fourth-order valence-electron chi connectivity index (χ4n) is 4.55. The average Bonchev–Trinajstić information content (AvgIpc) is 3.30. The van der Waals surface area contributed by atoms with Crippen molar-refractivity contribution in [1.82, 2.24) is 19.7 Å². The lowest BCUT2D eigenvalue weighted by Crippen LogP contribution is -2.53. The minimum Gasteiger partial charge on any atom is -0.375 e. The van der Waals surface area contributed by atoms with Crippen LogP contribution < -0.4 is 0 Å². The van der Waals surface area contributed by atoms with Crippen LogP contribution in [0.3, 0.4) is 0 Å². The first-order valence-electron chi connectivity index (χ1n) is 9.82. The fourth-order valence-corrected chi connectivity index (χ4v) is 4.55. The topological polar surface area (TPSA) is 51.8 Å².